The quantitative estimate of drug-likeness (QED) is 0.835. The molecule has 0 aliphatic carbocycles. The average Bonchev–Trinajstić information content (AvgIpc) is 2.98. The third kappa shape index (κ3) is 3.92. The predicted octanol–water partition coefficient (Wildman–Crippen LogP) is 1.79. The highest BCUT2D eigenvalue weighted by atomic mass is 35.5. The molecule has 1 aromatic carbocycles. The first kappa shape index (κ1) is 18.9. The Morgan fingerprint density at radius 1 is 1.27 bits per heavy atom. The third-order valence-electron chi connectivity index (χ3n) is 4.65. The van der Waals surface area contributed by atoms with Crippen LogP contribution in [0.1, 0.15) is 18.5 Å². The van der Waals surface area contributed by atoms with Crippen LogP contribution in [-0.4, -0.2) is 41.5 Å². The fourth-order valence-electron chi connectivity index (χ4n) is 3.05. The molecule has 1 amide bonds. The summed E-state index contributed by atoms with van der Waals surface area (Å²) in [7, 11) is -1.73. The van der Waals surface area contributed by atoms with Crippen molar-refractivity contribution in [1.29, 1.82) is 0 Å². The summed E-state index contributed by atoms with van der Waals surface area (Å²) in [4.78, 5) is 12.7. The highest BCUT2D eigenvalue weighted by molar-refractivity contribution is 7.89. The molecule has 0 bridgehead atoms. The summed E-state index contributed by atoms with van der Waals surface area (Å²) in [6.45, 7) is 0.972. The largest absolute Gasteiger partial charge is 0.350 e. The molecule has 9 heteroatoms. The van der Waals surface area contributed by atoms with E-state index in [0.717, 1.165) is 5.69 Å². The molecule has 26 heavy (non-hydrogen) atoms. The number of piperidine rings is 1. The number of sulfonamides is 1. The van der Waals surface area contributed by atoms with E-state index in [0.29, 0.717) is 37.5 Å². The van der Waals surface area contributed by atoms with Crippen LogP contribution in [0.3, 0.4) is 0 Å². The van der Waals surface area contributed by atoms with Gasteiger partial charge < -0.3 is 5.32 Å². The highest BCUT2D eigenvalue weighted by Gasteiger charge is 2.32. The van der Waals surface area contributed by atoms with Gasteiger partial charge in [0.15, 0.2) is 0 Å². The van der Waals surface area contributed by atoms with E-state index in [9.17, 15) is 13.2 Å². The van der Waals surface area contributed by atoms with Crippen LogP contribution in [0.5, 0.6) is 0 Å². The molecule has 1 aliphatic heterocycles. The Bertz CT molecular complexity index is 855. The molecule has 140 valence electrons. The fourth-order valence-corrected chi connectivity index (χ4v) is 4.77. The van der Waals surface area contributed by atoms with Crippen molar-refractivity contribution in [1.82, 2.24) is 19.4 Å². The monoisotopic (exact) mass is 396 g/mol. The van der Waals surface area contributed by atoms with E-state index in [1.807, 2.05) is 0 Å². The Labute approximate surface area is 158 Å². The first-order valence-electron chi connectivity index (χ1n) is 8.39. The summed E-state index contributed by atoms with van der Waals surface area (Å²) < 4.78 is 28.3. The second-order valence-corrected chi connectivity index (χ2v) is 8.62. The van der Waals surface area contributed by atoms with Gasteiger partial charge in [0.2, 0.25) is 15.9 Å². The molecule has 0 spiro atoms. The number of benzene rings is 1. The fraction of sp³-hybridized carbons (Fsp3) is 0.412. The van der Waals surface area contributed by atoms with Gasteiger partial charge in [0.25, 0.3) is 0 Å². The first-order chi connectivity index (χ1) is 12.4. The maximum atomic E-state index is 12.6. The molecule has 3 rings (SSSR count). The summed E-state index contributed by atoms with van der Waals surface area (Å²) in [5.74, 6) is -0.289. The number of hydrogen-bond acceptors (Lipinski definition) is 4. The minimum absolute atomic E-state index is 0.0842. The van der Waals surface area contributed by atoms with E-state index >= 15 is 0 Å². The summed E-state index contributed by atoms with van der Waals surface area (Å²) in [6, 6.07) is 8.37. The third-order valence-corrected chi connectivity index (χ3v) is 6.87. The van der Waals surface area contributed by atoms with Crippen LogP contribution >= 0.6 is 11.6 Å². The lowest BCUT2D eigenvalue weighted by atomic mass is 9.97. The van der Waals surface area contributed by atoms with Crippen molar-refractivity contribution in [3.05, 3.63) is 47.2 Å². The Hall–Kier alpha value is -1.90. The smallest absolute Gasteiger partial charge is 0.243 e. The summed E-state index contributed by atoms with van der Waals surface area (Å²) in [5.41, 5.74) is 0.740. The maximum absolute atomic E-state index is 12.6. The maximum Gasteiger partial charge on any atom is 0.243 e. The van der Waals surface area contributed by atoms with Crippen molar-refractivity contribution in [3.63, 3.8) is 0 Å². The van der Waals surface area contributed by atoms with Gasteiger partial charge in [-0.15, -0.1) is 0 Å². The SMILES string of the molecule is Cn1ncc(Cl)c1CNC(=O)C1CCN(S(=O)(=O)c2ccccc2)CC1. The molecule has 1 fully saturated rings. The second kappa shape index (κ2) is 7.77. The molecular weight excluding hydrogens is 376 g/mol. The van der Waals surface area contributed by atoms with Crippen molar-refractivity contribution in [2.24, 2.45) is 13.0 Å². The van der Waals surface area contributed by atoms with Gasteiger partial charge in [-0.3, -0.25) is 9.48 Å². The summed E-state index contributed by atoms with van der Waals surface area (Å²) in [5, 5.41) is 7.41. The second-order valence-electron chi connectivity index (χ2n) is 6.27. The van der Waals surface area contributed by atoms with Crippen LogP contribution in [0, 0.1) is 5.92 Å². The van der Waals surface area contributed by atoms with Crippen LogP contribution in [0.2, 0.25) is 5.02 Å². The molecule has 0 unspecified atom stereocenters. The van der Waals surface area contributed by atoms with Gasteiger partial charge in [-0.25, -0.2) is 8.42 Å². The summed E-state index contributed by atoms with van der Waals surface area (Å²) in [6.07, 6.45) is 2.53. The lowest BCUT2D eigenvalue weighted by Gasteiger charge is -2.30. The molecule has 1 N–H and O–H groups in total. The average molecular weight is 397 g/mol. The van der Waals surface area contributed by atoms with Gasteiger partial charge >= 0.3 is 0 Å². The van der Waals surface area contributed by atoms with Gasteiger partial charge in [0.1, 0.15) is 0 Å². The van der Waals surface area contributed by atoms with Gasteiger partial charge in [-0.05, 0) is 25.0 Å². The highest BCUT2D eigenvalue weighted by Crippen LogP contribution is 2.24. The van der Waals surface area contributed by atoms with E-state index < -0.39 is 10.0 Å². The van der Waals surface area contributed by atoms with E-state index in [2.05, 4.69) is 10.4 Å². The first-order valence-corrected chi connectivity index (χ1v) is 10.2. The Balaban J connectivity index is 1.56. The number of carbonyl (C=O) groups is 1. The molecule has 7 nitrogen and oxygen atoms in total. The number of aryl methyl sites for hydroxylation is 1. The van der Waals surface area contributed by atoms with E-state index in [1.54, 1.807) is 42.1 Å². The number of amides is 1. The number of nitrogens with zero attached hydrogens (tertiary/aromatic N) is 3. The molecule has 0 radical (unpaired) electrons. The standard InChI is InChI=1S/C17H21ClN4O3S/c1-21-16(15(18)11-20-21)12-19-17(23)13-7-9-22(10-8-13)26(24,25)14-5-3-2-4-6-14/h2-6,11,13H,7-10,12H2,1H3,(H,19,23). The van der Waals surface area contributed by atoms with Crippen molar-refractivity contribution in [2.45, 2.75) is 24.3 Å². The number of nitrogens with one attached hydrogen (secondary N) is 1. The van der Waals surface area contributed by atoms with Crippen LogP contribution < -0.4 is 5.32 Å². The molecular formula is C17H21ClN4O3S. The van der Waals surface area contributed by atoms with Crippen LogP contribution in [0.25, 0.3) is 0 Å². The number of carbonyl (C=O) groups excluding carboxylic acids is 1. The number of rotatable bonds is 5. The van der Waals surface area contributed by atoms with Crippen LogP contribution in [0.15, 0.2) is 41.4 Å². The lowest BCUT2D eigenvalue weighted by molar-refractivity contribution is -0.126. The lowest BCUT2D eigenvalue weighted by Crippen LogP contribution is -2.42. The number of aromatic nitrogens is 2. The Morgan fingerprint density at radius 2 is 1.92 bits per heavy atom. The van der Waals surface area contributed by atoms with E-state index in [-0.39, 0.29) is 16.7 Å². The number of halogens is 1. The Kier molecular flexibility index (Phi) is 5.64. The summed E-state index contributed by atoms with van der Waals surface area (Å²) >= 11 is 6.03. The van der Waals surface area contributed by atoms with Gasteiger partial charge in [0.05, 0.1) is 28.4 Å². The van der Waals surface area contributed by atoms with Crippen molar-refractivity contribution in [2.75, 3.05) is 13.1 Å². The number of hydrogen-bond donors (Lipinski definition) is 1. The molecule has 1 aromatic heterocycles. The van der Waals surface area contributed by atoms with Crippen molar-refractivity contribution in [3.8, 4) is 0 Å². The van der Waals surface area contributed by atoms with E-state index in [4.69, 9.17) is 11.6 Å². The normalized spacial score (nSPS) is 16.5. The van der Waals surface area contributed by atoms with Gasteiger partial charge in [0, 0.05) is 26.1 Å². The molecule has 0 atom stereocenters. The zero-order chi connectivity index (χ0) is 18.7. The van der Waals surface area contributed by atoms with Gasteiger partial charge in [-0.2, -0.15) is 9.40 Å². The molecule has 2 heterocycles. The topological polar surface area (TPSA) is 84.3 Å². The molecule has 2 aromatic rings. The minimum atomic E-state index is -3.50. The van der Waals surface area contributed by atoms with Crippen molar-refractivity contribution < 1.29 is 13.2 Å². The van der Waals surface area contributed by atoms with Crippen LogP contribution in [0.4, 0.5) is 0 Å². The van der Waals surface area contributed by atoms with Gasteiger partial charge in [-0.1, -0.05) is 29.8 Å². The van der Waals surface area contributed by atoms with Crippen molar-refractivity contribution >= 4 is 27.5 Å². The van der Waals surface area contributed by atoms with Crippen LogP contribution in [-0.2, 0) is 28.4 Å². The Morgan fingerprint density at radius 3 is 2.50 bits per heavy atom. The molecule has 1 saturated heterocycles. The minimum Gasteiger partial charge on any atom is -0.350 e. The zero-order valence-electron chi connectivity index (χ0n) is 14.4. The molecule has 0 saturated carbocycles. The predicted molar refractivity (Wildman–Crippen MR) is 98.0 cm³/mol. The molecule has 1 aliphatic rings. The van der Waals surface area contributed by atoms with E-state index in [1.165, 1.54) is 10.5 Å². The zero-order valence-corrected chi connectivity index (χ0v) is 16.0.